The molecule has 0 unspecified atom stereocenters. The Balaban J connectivity index is 2.56. The Kier molecular flexibility index (Phi) is 2.70. The molecule has 0 saturated carbocycles. The van der Waals surface area contributed by atoms with Gasteiger partial charge in [-0.05, 0) is 12.1 Å². The molecular weight excluding hydrogens is 239 g/mol. The summed E-state index contributed by atoms with van der Waals surface area (Å²) >= 11 is 10.8. The minimum Gasteiger partial charge on any atom is -0.392 e. The number of benzene rings is 1. The molecule has 15 heavy (non-hydrogen) atoms. The van der Waals surface area contributed by atoms with Crippen LogP contribution in [-0.4, -0.2) is 15.4 Å². The van der Waals surface area contributed by atoms with Crippen molar-refractivity contribution in [2.45, 2.75) is 0 Å². The van der Waals surface area contributed by atoms with Crippen molar-refractivity contribution in [2.75, 3.05) is 0 Å². The minimum absolute atomic E-state index is 0.00250. The SMILES string of the molecule is O=C(Cl)Oc1nc2ccccc2nc1Cl. The molecule has 76 valence electrons. The monoisotopic (exact) mass is 242 g/mol. The van der Waals surface area contributed by atoms with Crippen LogP contribution >= 0.6 is 23.2 Å². The zero-order chi connectivity index (χ0) is 10.8. The van der Waals surface area contributed by atoms with E-state index in [4.69, 9.17) is 23.2 Å². The molecule has 0 aliphatic carbocycles. The highest BCUT2D eigenvalue weighted by atomic mass is 35.5. The summed E-state index contributed by atoms with van der Waals surface area (Å²) in [6.07, 6.45) is 0. The van der Waals surface area contributed by atoms with Gasteiger partial charge in [0, 0.05) is 11.6 Å². The molecule has 2 aromatic rings. The molecule has 6 heteroatoms. The van der Waals surface area contributed by atoms with Crippen molar-refractivity contribution in [3.05, 3.63) is 29.4 Å². The zero-order valence-corrected chi connectivity index (χ0v) is 8.79. The van der Waals surface area contributed by atoms with Crippen molar-refractivity contribution in [3.8, 4) is 5.88 Å². The quantitative estimate of drug-likeness (QED) is 0.722. The van der Waals surface area contributed by atoms with E-state index in [9.17, 15) is 4.79 Å². The number of para-hydroxylation sites is 2. The van der Waals surface area contributed by atoms with Gasteiger partial charge in [-0.25, -0.2) is 14.8 Å². The second-order valence-electron chi connectivity index (χ2n) is 2.65. The fourth-order valence-corrected chi connectivity index (χ4v) is 1.35. The van der Waals surface area contributed by atoms with E-state index in [0.717, 1.165) is 0 Å². The largest absolute Gasteiger partial charge is 0.410 e. The predicted octanol–water partition coefficient (Wildman–Crippen LogP) is 3.02. The molecule has 0 amide bonds. The maximum Gasteiger partial charge on any atom is 0.410 e. The molecule has 0 aliphatic heterocycles. The second kappa shape index (κ2) is 4.00. The fourth-order valence-electron chi connectivity index (χ4n) is 1.10. The van der Waals surface area contributed by atoms with E-state index in [0.29, 0.717) is 11.0 Å². The Hall–Kier alpha value is -1.39. The van der Waals surface area contributed by atoms with Gasteiger partial charge < -0.3 is 4.74 Å². The van der Waals surface area contributed by atoms with Gasteiger partial charge in [0.15, 0.2) is 5.15 Å². The maximum absolute atomic E-state index is 10.5. The molecule has 0 atom stereocenters. The molecule has 0 spiro atoms. The molecule has 0 N–H and O–H groups in total. The van der Waals surface area contributed by atoms with Crippen LogP contribution in [0, 0.1) is 0 Å². The van der Waals surface area contributed by atoms with Crippen LogP contribution in [0.5, 0.6) is 5.88 Å². The molecule has 1 aromatic heterocycles. The number of nitrogens with zero attached hydrogens (tertiary/aromatic N) is 2. The molecule has 0 radical (unpaired) electrons. The van der Waals surface area contributed by atoms with E-state index in [-0.39, 0.29) is 11.0 Å². The Labute approximate surface area is 94.8 Å². The van der Waals surface area contributed by atoms with Gasteiger partial charge >= 0.3 is 5.43 Å². The van der Waals surface area contributed by atoms with E-state index in [1.807, 2.05) is 0 Å². The van der Waals surface area contributed by atoms with Gasteiger partial charge in [-0.1, -0.05) is 23.7 Å². The van der Waals surface area contributed by atoms with Crippen LogP contribution in [0.1, 0.15) is 0 Å². The normalized spacial score (nSPS) is 10.3. The van der Waals surface area contributed by atoms with Crippen LogP contribution in [0.2, 0.25) is 5.15 Å². The summed E-state index contributed by atoms with van der Waals surface area (Å²) in [6, 6.07) is 7.07. The molecule has 1 heterocycles. The van der Waals surface area contributed by atoms with Crippen molar-refractivity contribution >= 4 is 39.7 Å². The second-order valence-corrected chi connectivity index (χ2v) is 3.31. The van der Waals surface area contributed by atoms with E-state index < -0.39 is 5.43 Å². The summed E-state index contributed by atoms with van der Waals surface area (Å²) < 4.78 is 4.57. The molecule has 1 aromatic carbocycles. The summed E-state index contributed by atoms with van der Waals surface area (Å²) in [7, 11) is 0. The highest BCUT2D eigenvalue weighted by molar-refractivity contribution is 6.61. The number of fused-ring (bicyclic) bond motifs is 1. The van der Waals surface area contributed by atoms with Gasteiger partial charge in [0.2, 0.25) is 0 Å². The van der Waals surface area contributed by atoms with Crippen molar-refractivity contribution < 1.29 is 9.53 Å². The standard InChI is InChI=1S/C9H4Cl2N2O2/c10-7-8(15-9(11)14)13-6-4-2-1-3-5(6)12-7/h1-4H. The third-order valence-electron chi connectivity index (χ3n) is 1.68. The van der Waals surface area contributed by atoms with Crippen LogP contribution < -0.4 is 4.74 Å². The van der Waals surface area contributed by atoms with Gasteiger partial charge in [-0.3, -0.25) is 0 Å². The number of hydrogen-bond donors (Lipinski definition) is 0. The highest BCUT2D eigenvalue weighted by Crippen LogP contribution is 2.23. The Morgan fingerprint density at radius 3 is 2.40 bits per heavy atom. The first kappa shape index (κ1) is 10.1. The van der Waals surface area contributed by atoms with E-state index in [2.05, 4.69) is 14.7 Å². The Bertz CT molecular complexity index is 531. The van der Waals surface area contributed by atoms with Crippen LogP contribution in [0.15, 0.2) is 24.3 Å². The van der Waals surface area contributed by atoms with Crippen molar-refractivity contribution in [1.82, 2.24) is 9.97 Å². The lowest BCUT2D eigenvalue weighted by atomic mass is 10.3. The summed E-state index contributed by atoms with van der Waals surface area (Å²) in [6.45, 7) is 0. The number of halogens is 2. The Morgan fingerprint density at radius 2 is 1.80 bits per heavy atom. The van der Waals surface area contributed by atoms with Gasteiger partial charge in [-0.15, -0.1) is 0 Å². The summed E-state index contributed by atoms with van der Waals surface area (Å²) in [5, 5.41) is 0.00250. The minimum atomic E-state index is -0.999. The lowest BCUT2D eigenvalue weighted by molar-refractivity contribution is 0.224. The first-order chi connectivity index (χ1) is 7.16. The first-order valence-electron chi connectivity index (χ1n) is 3.96. The van der Waals surface area contributed by atoms with Crippen molar-refractivity contribution in [2.24, 2.45) is 0 Å². The molecule has 0 fully saturated rings. The number of aromatic nitrogens is 2. The molecule has 0 saturated heterocycles. The third kappa shape index (κ3) is 2.16. The topological polar surface area (TPSA) is 52.1 Å². The summed E-state index contributed by atoms with van der Waals surface area (Å²) in [5.41, 5.74) is 0.202. The van der Waals surface area contributed by atoms with E-state index in [1.54, 1.807) is 24.3 Å². The van der Waals surface area contributed by atoms with Gasteiger partial charge in [0.05, 0.1) is 11.0 Å². The third-order valence-corrected chi connectivity index (χ3v) is 2.00. The Morgan fingerprint density at radius 1 is 1.20 bits per heavy atom. The van der Waals surface area contributed by atoms with E-state index >= 15 is 0 Å². The number of hydrogen-bond acceptors (Lipinski definition) is 4. The molecule has 0 aliphatic rings. The van der Waals surface area contributed by atoms with Gasteiger partial charge in [-0.2, -0.15) is 0 Å². The van der Waals surface area contributed by atoms with Gasteiger partial charge in [0.1, 0.15) is 0 Å². The summed E-state index contributed by atoms with van der Waals surface area (Å²) in [5.74, 6) is -0.0876. The summed E-state index contributed by atoms with van der Waals surface area (Å²) in [4.78, 5) is 18.5. The smallest absolute Gasteiger partial charge is 0.392 e. The molecule has 4 nitrogen and oxygen atoms in total. The van der Waals surface area contributed by atoms with Crippen molar-refractivity contribution in [3.63, 3.8) is 0 Å². The average Bonchev–Trinajstić information content (AvgIpc) is 2.18. The van der Waals surface area contributed by atoms with E-state index in [1.165, 1.54) is 0 Å². The number of rotatable bonds is 1. The zero-order valence-electron chi connectivity index (χ0n) is 7.28. The maximum atomic E-state index is 10.5. The van der Waals surface area contributed by atoms with Crippen molar-refractivity contribution in [1.29, 1.82) is 0 Å². The number of carbonyl (C=O) groups is 1. The van der Waals surface area contributed by atoms with Crippen LogP contribution in [-0.2, 0) is 0 Å². The van der Waals surface area contributed by atoms with Crippen LogP contribution in [0.3, 0.4) is 0 Å². The lowest BCUT2D eigenvalue weighted by Crippen LogP contribution is -2.00. The van der Waals surface area contributed by atoms with Crippen LogP contribution in [0.25, 0.3) is 11.0 Å². The average molecular weight is 243 g/mol. The molecule has 0 bridgehead atoms. The lowest BCUT2D eigenvalue weighted by Gasteiger charge is -2.02. The number of ether oxygens (including phenoxy) is 1. The fraction of sp³-hybridized carbons (Fsp3) is 0. The number of carbonyl (C=O) groups excluding carboxylic acids is 1. The molecular formula is C9H4Cl2N2O2. The first-order valence-corrected chi connectivity index (χ1v) is 4.72. The van der Waals surface area contributed by atoms with Gasteiger partial charge in [0.25, 0.3) is 5.88 Å². The van der Waals surface area contributed by atoms with Crippen LogP contribution in [0.4, 0.5) is 4.79 Å². The highest BCUT2D eigenvalue weighted by Gasteiger charge is 2.10. The molecule has 2 rings (SSSR count). The predicted molar refractivity (Wildman–Crippen MR) is 56.4 cm³/mol.